The lowest BCUT2D eigenvalue weighted by Crippen LogP contribution is -2.27. The highest BCUT2D eigenvalue weighted by atomic mass is 32.2. The van der Waals surface area contributed by atoms with Gasteiger partial charge in [-0.3, -0.25) is 9.48 Å². The molecule has 0 saturated carbocycles. The molecule has 0 unspecified atom stereocenters. The van der Waals surface area contributed by atoms with E-state index in [0.717, 1.165) is 34.7 Å². The highest BCUT2D eigenvalue weighted by molar-refractivity contribution is 7.91. The van der Waals surface area contributed by atoms with E-state index in [4.69, 9.17) is 0 Å². The predicted molar refractivity (Wildman–Crippen MR) is 125 cm³/mol. The average Bonchev–Trinajstić information content (AvgIpc) is 3.51. The molecule has 2 aromatic heterocycles. The summed E-state index contributed by atoms with van der Waals surface area (Å²) in [5.41, 5.74) is 4.11. The largest absolute Gasteiger partial charge is 0.352 e. The average molecular weight is 473 g/mol. The zero-order valence-electron chi connectivity index (χ0n) is 18.4. The maximum absolute atomic E-state index is 12.7. The summed E-state index contributed by atoms with van der Waals surface area (Å²) in [7, 11) is -3.43. The van der Waals surface area contributed by atoms with E-state index in [-0.39, 0.29) is 12.3 Å². The van der Waals surface area contributed by atoms with Crippen LogP contribution in [0.1, 0.15) is 40.2 Å². The highest BCUT2D eigenvalue weighted by Gasteiger charge is 2.28. The molecule has 3 aromatic rings. The van der Waals surface area contributed by atoms with Crippen molar-refractivity contribution in [3.8, 4) is 0 Å². The molecule has 1 aromatic carbocycles. The molecule has 7 nitrogen and oxygen atoms in total. The lowest BCUT2D eigenvalue weighted by atomic mass is 10.2. The number of hydrogen-bond acceptors (Lipinski definition) is 5. The van der Waals surface area contributed by atoms with Crippen LogP contribution >= 0.6 is 11.3 Å². The van der Waals surface area contributed by atoms with E-state index in [9.17, 15) is 13.2 Å². The molecule has 0 spiro atoms. The normalized spacial score (nSPS) is 14.7. The Kier molecular flexibility index (Phi) is 6.78. The zero-order chi connectivity index (χ0) is 22.7. The van der Waals surface area contributed by atoms with Gasteiger partial charge >= 0.3 is 0 Å². The number of nitrogens with zero attached hydrogens (tertiary/aromatic N) is 3. The first-order valence-electron chi connectivity index (χ1n) is 10.8. The van der Waals surface area contributed by atoms with Crippen LogP contribution in [0.5, 0.6) is 0 Å². The van der Waals surface area contributed by atoms with Gasteiger partial charge in [-0.2, -0.15) is 9.40 Å². The minimum absolute atomic E-state index is 0.133. The fraction of sp³-hybridized carbons (Fsp3) is 0.391. The highest BCUT2D eigenvalue weighted by Crippen LogP contribution is 2.27. The predicted octanol–water partition coefficient (Wildman–Crippen LogP) is 3.25. The molecule has 1 amide bonds. The molecule has 0 aliphatic carbocycles. The van der Waals surface area contributed by atoms with Gasteiger partial charge in [0, 0.05) is 35.8 Å². The van der Waals surface area contributed by atoms with Crippen LogP contribution in [-0.4, -0.2) is 41.5 Å². The Hall–Kier alpha value is -2.49. The number of carbonyl (C=O) groups excluding carboxylic acids is 1. The molecule has 32 heavy (non-hydrogen) atoms. The number of nitrogens with one attached hydrogen (secondary N) is 1. The third kappa shape index (κ3) is 4.95. The summed E-state index contributed by atoms with van der Waals surface area (Å²) in [5, 5.41) is 7.60. The van der Waals surface area contributed by atoms with Crippen molar-refractivity contribution in [1.82, 2.24) is 19.4 Å². The Bertz CT molecular complexity index is 1190. The number of rotatable bonds is 8. The third-order valence-electron chi connectivity index (χ3n) is 5.80. The van der Waals surface area contributed by atoms with Crippen molar-refractivity contribution in [1.29, 1.82) is 0 Å². The van der Waals surface area contributed by atoms with E-state index < -0.39 is 10.0 Å². The number of aryl methyl sites for hydroxylation is 1. The fourth-order valence-electron chi connectivity index (χ4n) is 3.96. The van der Waals surface area contributed by atoms with Gasteiger partial charge in [0.1, 0.15) is 4.21 Å². The van der Waals surface area contributed by atoms with Gasteiger partial charge in [0.2, 0.25) is 5.91 Å². The van der Waals surface area contributed by atoms with Crippen LogP contribution in [0, 0.1) is 13.8 Å². The maximum Gasteiger partial charge on any atom is 0.252 e. The number of thiophene rings is 1. The van der Waals surface area contributed by atoms with Crippen LogP contribution in [0.15, 0.2) is 46.7 Å². The lowest BCUT2D eigenvalue weighted by Gasteiger charge is -2.13. The summed E-state index contributed by atoms with van der Waals surface area (Å²) < 4.78 is 29.2. The van der Waals surface area contributed by atoms with Gasteiger partial charge in [0.15, 0.2) is 0 Å². The minimum Gasteiger partial charge on any atom is -0.352 e. The van der Waals surface area contributed by atoms with Gasteiger partial charge in [0.25, 0.3) is 10.0 Å². The molecular weight excluding hydrogens is 444 g/mol. The van der Waals surface area contributed by atoms with Crippen molar-refractivity contribution < 1.29 is 13.2 Å². The van der Waals surface area contributed by atoms with Crippen LogP contribution in [0.2, 0.25) is 0 Å². The molecule has 9 heteroatoms. The first-order valence-corrected chi connectivity index (χ1v) is 13.0. The summed E-state index contributed by atoms with van der Waals surface area (Å²) in [6.07, 6.45) is 1.97. The van der Waals surface area contributed by atoms with Crippen LogP contribution in [0.25, 0.3) is 0 Å². The number of carbonyl (C=O) groups is 1. The van der Waals surface area contributed by atoms with E-state index in [1.165, 1.54) is 21.2 Å². The van der Waals surface area contributed by atoms with E-state index in [0.29, 0.717) is 30.4 Å². The number of hydrogen-bond donors (Lipinski definition) is 1. The van der Waals surface area contributed by atoms with E-state index in [1.807, 2.05) is 36.7 Å². The molecule has 1 N–H and O–H groups in total. The van der Waals surface area contributed by atoms with Crippen LogP contribution < -0.4 is 5.32 Å². The first kappa shape index (κ1) is 22.7. The second-order valence-electron chi connectivity index (χ2n) is 8.08. The molecule has 0 atom stereocenters. The van der Waals surface area contributed by atoms with Crippen molar-refractivity contribution in [3.63, 3.8) is 0 Å². The van der Waals surface area contributed by atoms with Gasteiger partial charge in [-0.1, -0.05) is 30.3 Å². The maximum atomic E-state index is 12.7. The summed E-state index contributed by atoms with van der Waals surface area (Å²) in [4.78, 5) is 13.3. The summed E-state index contributed by atoms with van der Waals surface area (Å²) in [6, 6.07) is 13.5. The fourth-order valence-corrected chi connectivity index (χ4v) is 6.98. The number of benzene rings is 1. The molecule has 1 aliphatic rings. The molecular formula is C23H28N4O3S2. The van der Waals surface area contributed by atoms with Gasteiger partial charge in [-0.15, -0.1) is 11.3 Å². The van der Waals surface area contributed by atoms with Gasteiger partial charge in [0.05, 0.1) is 18.7 Å². The first-order chi connectivity index (χ1) is 15.3. The number of sulfonamides is 1. The monoisotopic (exact) mass is 472 g/mol. The summed E-state index contributed by atoms with van der Waals surface area (Å²) in [6.45, 7) is 6.20. The molecule has 170 valence electrons. The number of aromatic nitrogens is 2. The quantitative estimate of drug-likeness (QED) is 0.545. The lowest BCUT2D eigenvalue weighted by molar-refractivity contribution is -0.120. The van der Waals surface area contributed by atoms with Crippen LogP contribution in [-0.2, 0) is 34.3 Å². The van der Waals surface area contributed by atoms with Gasteiger partial charge < -0.3 is 5.32 Å². The molecule has 0 bridgehead atoms. The second kappa shape index (κ2) is 9.56. The number of amides is 1. The smallest absolute Gasteiger partial charge is 0.252 e. The van der Waals surface area contributed by atoms with Crippen LogP contribution in [0.3, 0.4) is 0 Å². The Morgan fingerprint density at radius 3 is 2.53 bits per heavy atom. The van der Waals surface area contributed by atoms with Crippen molar-refractivity contribution in [2.75, 3.05) is 13.1 Å². The molecule has 1 saturated heterocycles. The molecule has 3 heterocycles. The van der Waals surface area contributed by atoms with E-state index in [2.05, 4.69) is 22.5 Å². The van der Waals surface area contributed by atoms with E-state index >= 15 is 0 Å². The Morgan fingerprint density at radius 2 is 1.81 bits per heavy atom. The second-order valence-corrected chi connectivity index (χ2v) is 11.4. The topological polar surface area (TPSA) is 84.3 Å². The van der Waals surface area contributed by atoms with Crippen LogP contribution in [0.4, 0.5) is 0 Å². The Labute approximate surface area is 193 Å². The van der Waals surface area contributed by atoms with Crippen molar-refractivity contribution in [3.05, 3.63) is 69.9 Å². The molecule has 1 fully saturated rings. The van der Waals surface area contributed by atoms with Gasteiger partial charge in [-0.25, -0.2) is 8.42 Å². The summed E-state index contributed by atoms with van der Waals surface area (Å²) in [5.74, 6) is -0.133. The molecule has 4 rings (SSSR count). The SMILES string of the molecule is Cc1nn(Cc2ccccc2)c(C)c1CNC(=O)Cc1ccc(S(=O)(=O)N2CCCC2)s1. The Balaban J connectivity index is 1.36. The molecule has 1 aliphatic heterocycles. The zero-order valence-corrected chi connectivity index (χ0v) is 20.0. The third-order valence-corrected chi connectivity index (χ3v) is 9.25. The van der Waals surface area contributed by atoms with E-state index in [1.54, 1.807) is 12.1 Å². The standard InChI is InChI=1S/C23H28N4O3S2/c1-17-21(18(2)27(25-17)16-19-8-4-3-5-9-19)15-24-22(28)14-20-10-11-23(31-20)32(29,30)26-12-6-7-13-26/h3-5,8-11H,6-7,12-16H2,1-2H3,(H,24,28). The Morgan fingerprint density at radius 1 is 1.09 bits per heavy atom. The summed E-state index contributed by atoms with van der Waals surface area (Å²) >= 11 is 1.18. The van der Waals surface area contributed by atoms with Crippen molar-refractivity contribution in [2.24, 2.45) is 0 Å². The van der Waals surface area contributed by atoms with Gasteiger partial charge in [-0.05, 0) is 44.4 Å². The van der Waals surface area contributed by atoms with Crippen molar-refractivity contribution in [2.45, 2.75) is 50.4 Å². The van der Waals surface area contributed by atoms with Crippen molar-refractivity contribution >= 4 is 27.3 Å². The molecule has 0 radical (unpaired) electrons. The minimum atomic E-state index is -3.43.